The topological polar surface area (TPSA) is 93.2 Å². The molecule has 0 aliphatic carbocycles. The van der Waals surface area contributed by atoms with Gasteiger partial charge in [-0.3, -0.25) is 4.72 Å². The fourth-order valence-corrected chi connectivity index (χ4v) is 4.33. The van der Waals surface area contributed by atoms with Gasteiger partial charge in [-0.2, -0.15) is 0 Å². The van der Waals surface area contributed by atoms with Gasteiger partial charge in [0.25, 0.3) is 10.0 Å². The van der Waals surface area contributed by atoms with Crippen molar-refractivity contribution in [3.05, 3.63) is 53.4 Å². The molecule has 0 amide bonds. The monoisotopic (exact) mass is 376 g/mol. The standard InChI is InChI=1S/C16H16N4O3S2/c1-11-6-9-16(24-11)25(21,22)20-15-8-7-14(18-19-15)17-12-4-3-5-13(10-12)23-2/h3-10H,1-2H3,(H,17,18)(H,19,20). The Bertz CT molecular complexity index is 969. The molecule has 1 aromatic carbocycles. The van der Waals surface area contributed by atoms with Crippen molar-refractivity contribution in [1.82, 2.24) is 10.2 Å². The van der Waals surface area contributed by atoms with E-state index in [0.717, 1.165) is 10.6 Å². The number of aryl methyl sites for hydroxylation is 1. The summed E-state index contributed by atoms with van der Waals surface area (Å²) in [5.41, 5.74) is 0.788. The number of benzene rings is 1. The second kappa shape index (κ2) is 7.08. The van der Waals surface area contributed by atoms with Crippen molar-refractivity contribution in [2.75, 3.05) is 17.1 Å². The molecule has 0 bridgehead atoms. The number of methoxy groups -OCH3 is 1. The third kappa shape index (κ3) is 4.25. The zero-order valence-electron chi connectivity index (χ0n) is 13.6. The lowest BCUT2D eigenvalue weighted by Crippen LogP contribution is -2.13. The van der Waals surface area contributed by atoms with Gasteiger partial charge in [0.1, 0.15) is 9.96 Å². The van der Waals surface area contributed by atoms with Crippen LogP contribution >= 0.6 is 11.3 Å². The van der Waals surface area contributed by atoms with Crippen molar-refractivity contribution in [3.63, 3.8) is 0 Å². The average molecular weight is 376 g/mol. The Kier molecular flexibility index (Phi) is 4.86. The number of nitrogens with one attached hydrogen (secondary N) is 2. The summed E-state index contributed by atoms with van der Waals surface area (Å²) in [4.78, 5) is 0.921. The molecule has 0 fully saturated rings. The van der Waals surface area contributed by atoms with Gasteiger partial charge in [-0.25, -0.2) is 8.42 Å². The molecule has 3 aromatic rings. The Balaban J connectivity index is 1.71. The molecule has 7 nitrogen and oxygen atoms in total. The fourth-order valence-electron chi connectivity index (χ4n) is 2.05. The first-order valence-electron chi connectivity index (χ1n) is 7.30. The third-order valence-corrected chi connectivity index (χ3v) is 6.07. The van der Waals surface area contributed by atoms with Crippen LogP contribution in [0.15, 0.2) is 52.7 Å². The molecular weight excluding hydrogens is 360 g/mol. The number of thiophene rings is 1. The van der Waals surface area contributed by atoms with Crippen LogP contribution in [0.4, 0.5) is 17.3 Å². The van der Waals surface area contributed by atoms with E-state index in [2.05, 4.69) is 20.2 Å². The Morgan fingerprint density at radius 3 is 2.44 bits per heavy atom. The summed E-state index contributed by atoms with van der Waals surface area (Å²) in [6, 6.07) is 13.9. The summed E-state index contributed by atoms with van der Waals surface area (Å²) in [7, 11) is -2.05. The van der Waals surface area contributed by atoms with Crippen LogP contribution in [-0.2, 0) is 10.0 Å². The van der Waals surface area contributed by atoms with Crippen molar-refractivity contribution < 1.29 is 13.2 Å². The molecule has 2 heterocycles. The predicted octanol–water partition coefficient (Wildman–Crippen LogP) is 3.40. The van der Waals surface area contributed by atoms with Gasteiger partial charge in [0.05, 0.1) is 7.11 Å². The van der Waals surface area contributed by atoms with Crippen LogP contribution in [0.5, 0.6) is 5.75 Å². The van der Waals surface area contributed by atoms with Crippen LogP contribution in [0.2, 0.25) is 0 Å². The summed E-state index contributed by atoms with van der Waals surface area (Å²) >= 11 is 1.20. The molecule has 2 N–H and O–H groups in total. The Labute approximate surface area is 149 Å². The number of sulfonamides is 1. The molecule has 9 heteroatoms. The summed E-state index contributed by atoms with van der Waals surface area (Å²) in [5, 5.41) is 11.0. The Hall–Kier alpha value is -2.65. The Morgan fingerprint density at radius 2 is 1.80 bits per heavy atom. The number of hydrogen-bond acceptors (Lipinski definition) is 7. The van der Waals surface area contributed by atoms with E-state index in [1.165, 1.54) is 11.3 Å². The number of aromatic nitrogens is 2. The molecule has 130 valence electrons. The van der Waals surface area contributed by atoms with Gasteiger partial charge in [0.2, 0.25) is 0 Å². The van der Waals surface area contributed by atoms with Crippen LogP contribution < -0.4 is 14.8 Å². The van der Waals surface area contributed by atoms with Gasteiger partial charge >= 0.3 is 0 Å². The zero-order chi connectivity index (χ0) is 17.9. The van der Waals surface area contributed by atoms with Crippen molar-refractivity contribution in [2.24, 2.45) is 0 Å². The first kappa shape index (κ1) is 17.2. The molecule has 0 aliphatic rings. The van der Waals surface area contributed by atoms with E-state index in [4.69, 9.17) is 4.74 Å². The van der Waals surface area contributed by atoms with Gasteiger partial charge in [0.15, 0.2) is 11.6 Å². The molecule has 0 saturated carbocycles. The SMILES string of the molecule is COc1cccc(Nc2ccc(NS(=O)(=O)c3ccc(C)s3)nn2)c1. The van der Waals surface area contributed by atoms with Crippen LogP contribution in [0, 0.1) is 6.92 Å². The molecule has 0 saturated heterocycles. The largest absolute Gasteiger partial charge is 0.497 e. The van der Waals surface area contributed by atoms with E-state index < -0.39 is 10.0 Å². The highest BCUT2D eigenvalue weighted by atomic mass is 32.2. The van der Waals surface area contributed by atoms with Crippen LogP contribution in [-0.4, -0.2) is 25.7 Å². The summed E-state index contributed by atoms with van der Waals surface area (Å²) < 4.78 is 32.3. The highest BCUT2D eigenvalue weighted by Gasteiger charge is 2.17. The zero-order valence-corrected chi connectivity index (χ0v) is 15.2. The van der Waals surface area contributed by atoms with E-state index in [1.807, 2.05) is 31.2 Å². The quantitative estimate of drug-likeness (QED) is 0.685. The molecule has 0 aliphatic heterocycles. The second-order valence-electron chi connectivity index (χ2n) is 5.13. The molecular formula is C16H16N4O3S2. The highest BCUT2D eigenvalue weighted by molar-refractivity contribution is 7.94. The molecule has 3 rings (SSSR count). The molecule has 2 aromatic heterocycles. The van der Waals surface area contributed by atoms with Crippen LogP contribution in [0.25, 0.3) is 0 Å². The van der Waals surface area contributed by atoms with Crippen LogP contribution in [0.3, 0.4) is 0 Å². The molecule has 25 heavy (non-hydrogen) atoms. The maximum Gasteiger partial charge on any atom is 0.272 e. The molecule has 0 unspecified atom stereocenters. The van der Waals surface area contributed by atoms with E-state index in [0.29, 0.717) is 11.6 Å². The summed E-state index contributed by atoms with van der Waals surface area (Å²) in [6.45, 7) is 1.85. The molecule has 0 atom stereocenters. The van der Waals surface area contributed by atoms with Crippen molar-refractivity contribution in [2.45, 2.75) is 11.1 Å². The average Bonchev–Trinajstić information content (AvgIpc) is 3.04. The number of nitrogens with zero attached hydrogens (tertiary/aromatic N) is 2. The van der Waals surface area contributed by atoms with Gasteiger partial charge < -0.3 is 10.1 Å². The number of ether oxygens (including phenoxy) is 1. The first-order valence-corrected chi connectivity index (χ1v) is 9.60. The lowest BCUT2D eigenvalue weighted by Gasteiger charge is -2.08. The van der Waals surface area contributed by atoms with E-state index in [-0.39, 0.29) is 10.0 Å². The highest BCUT2D eigenvalue weighted by Crippen LogP contribution is 2.23. The van der Waals surface area contributed by atoms with Gasteiger partial charge in [-0.1, -0.05) is 6.07 Å². The predicted molar refractivity (Wildman–Crippen MR) is 98.2 cm³/mol. The van der Waals surface area contributed by atoms with E-state index in [1.54, 1.807) is 31.4 Å². The minimum absolute atomic E-state index is 0.155. The lowest BCUT2D eigenvalue weighted by molar-refractivity contribution is 0.415. The molecule has 0 radical (unpaired) electrons. The maximum absolute atomic E-state index is 12.3. The smallest absolute Gasteiger partial charge is 0.272 e. The van der Waals surface area contributed by atoms with Gasteiger partial charge in [-0.15, -0.1) is 21.5 Å². The van der Waals surface area contributed by atoms with Gasteiger partial charge in [0, 0.05) is 16.6 Å². The van der Waals surface area contributed by atoms with Crippen LogP contribution in [0.1, 0.15) is 4.88 Å². The molecule has 0 spiro atoms. The van der Waals surface area contributed by atoms with E-state index >= 15 is 0 Å². The normalized spacial score (nSPS) is 11.1. The summed E-state index contributed by atoms with van der Waals surface area (Å²) in [6.07, 6.45) is 0. The van der Waals surface area contributed by atoms with E-state index in [9.17, 15) is 8.42 Å². The lowest BCUT2D eigenvalue weighted by atomic mass is 10.3. The number of rotatable bonds is 6. The number of anilines is 3. The fraction of sp³-hybridized carbons (Fsp3) is 0.125. The maximum atomic E-state index is 12.3. The second-order valence-corrected chi connectivity index (χ2v) is 8.33. The minimum atomic E-state index is -3.64. The third-order valence-electron chi connectivity index (χ3n) is 3.23. The first-order chi connectivity index (χ1) is 12.0. The minimum Gasteiger partial charge on any atom is -0.497 e. The van der Waals surface area contributed by atoms with Crippen molar-refractivity contribution in [1.29, 1.82) is 0 Å². The van der Waals surface area contributed by atoms with Crippen molar-refractivity contribution >= 4 is 38.7 Å². The summed E-state index contributed by atoms with van der Waals surface area (Å²) in [5.74, 6) is 1.36. The number of hydrogen-bond donors (Lipinski definition) is 2. The Morgan fingerprint density at radius 1 is 1.04 bits per heavy atom. The van der Waals surface area contributed by atoms with Gasteiger partial charge in [-0.05, 0) is 43.3 Å². The van der Waals surface area contributed by atoms with Crippen molar-refractivity contribution in [3.8, 4) is 5.75 Å².